The summed E-state index contributed by atoms with van der Waals surface area (Å²) in [5.41, 5.74) is 1.24. The molecule has 0 radical (unpaired) electrons. The average molecular weight is 479 g/mol. The Balaban J connectivity index is 1.47. The van der Waals surface area contributed by atoms with Gasteiger partial charge in [-0.3, -0.25) is 9.82 Å². The van der Waals surface area contributed by atoms with Gasteiger partial charge in [-0.1, -0.05) is 44.6 Å². The van der Waals surface area contributed by atoms with Crippen molar-refractivity contribution in [3.05, 3.63) is 30.1 Å². The van der Waals surface area contributed by atoms with Crippen LogP contribution in [-0.4, -0.2) is 81.4 Å². The molecule has 0 saturated carbocycles. The number of aryl methyl sites for hydroxylation is 1. The first-order chi connectivity index (χ1) is 16.6. The molecule has 8 heteroatoms. The van der Waals surface area contributed by atoms with Crippen LogP contribution in [0.25, 0.3) is 0 Å². The van der Waals surface area contributed by atoms with Crippen molar-refractivity contribution in [1.29, 1.82) is 0 Å². The first-order valence-electron chi connectivity index (χ1n) is 12.5. The molecule has 4 N–H and O–H groups in total. The lowest BCUT2D eigenvalue weighted by molar-refractivity contribution is -0.328. The Morgan fingerprint density at radius 1 is 0.941 bits per heavy atom. The summed E-state index contributed by atoms with van der Waals surface area (Å²) in [6, 6.07) is 4.05. The van der Waals surface area contributed by atoms with Gasteiger partial charge in [-0.25, -0.2) is 0 Å². The second kappa shape index (κ2) is 17.0. The van der Waals surface area contributed by atoms with Crippen LogP contribution in [0.15, 0.2) is 24.5 Å². The number of rotatable bonds is 15. The Morgan fingerprint density at radius 3 is 2.26 bits per heavy atom. The van der Waals surface area contributed by atoms with Crippen molar-refractivity contribution < 1.29 is 30.0 Å². The summed E-state index contributed by atoms with van der Waals surface area (Å²) in [6.45, 7) is 0.0798. The molecule has 0 spiro atoms. The van der Waals surface area contributed by atoms with Crippen LogP contribution >= 0.6 is 0 Å². The number of pyridine rings is 1. The van der Waals surface area contributed by atoms with Crippen LogP contribution in [0.3, 0.4) is 0 Å². The van der Waals surface area contributed by atoms with Crippen molar-refractivity contribution in [1.82, 2.24) is 10.0 Å². The van der Waals surface area contributed by atoms with Crippen molar-refractivity contribution in [2.24, 2.45) is 0 Å². The minimum atomic E-state index is -1.40. The van der Waals surface area contributed by atoms with E-state index in [0.717, 1.165) is 44.9 Å². The molecule has 2 heterocycles. The number of ether oxygens (including phenoxy) is 1. The molecule has 192 valence electrons. The van der Waals surface area contributed by atoms with E-state index < -0.39 is 37.3 Å². The third-order valence-corrected chi connectivity index (χ3v) is 6.20. The van der Waals surface area contributed by atoms with Gasteiger partial charge in [0.05, 0.1) is 13.7 Å². The van der Waals surface area contributed by atoms with Gasteiger partial charge < -0.3 is 25.2 Å². The molecule has 1 aliphatic heterocycles. The number of unbranched alkanes of at least 4 members (excludes halogenated alkanes) is 8. The number of aliphatic hydroxyl groups excluding tert-OH is 4. The number of aromatic nitrogens is 1. The highest BCUT2D eigenvalue weighted by Gasteiger charge is 2.45. The van der Waals surface area contributed by atoms with E-state index in [0.29, 0.717) is 6.54 Å². The summed E-state index contributed by atoms with van der Waals surface area (Å²) in [7, 11) is 1.48. The summed E-state index contributed by atoms with van der Waals surface area (Å²) < 4.78 is 5.55. The lowest BCUT2D eigenvalue weighted by Gasteiger charge is -2.43. The van der Waals surface area contributed by atoms with Crippen molar-refractivity contribution in [3.8, 4) is 11.8 Å². The zero-order chi connectivity index (χ0) is 24.6. The van der Waals surface area contributed by atoms with Gasteiger partial charge in [-0.05, 0) is 30.9 Å². The second-order valence-corrected chi connectivity index (χ2v) is 8.84. The van der Waals surface area contributed by atoms with Crippen LogP contribution in [0.2, 0.25) is 0 Å². The van der Waals surface area contributed by atoms with E-state index in [2.05, 4.69) is 22.9 Å². The zero-order valence-electron chi connectivity index (χ0n) is 20.4. The fourth-order valence-corrected chi connectivity index (χ4v) is 4.11. The summed E-state index contributed by atoms with van der Waals surface area (Å²) in [5, 5.41) is 40.9. The van der Waals surface area contributed by atoms with Crippen molar-refractivity contribution >= 4 is 0 Å². The number of hydrogen-bond donors (Lipinski definition) is 4. The predicted molar refractivity (Wildman–Crippen MR) is 129 cm³/mol. The first kappa shape index (κ1) is 28.7. The molecule has 1 fully saturated rings. The number of hydroxylamine groups is 2. The monoisotopic (exact) mass is 478 g/mol. The third kappa shape index (κ3) is 9.96. The van der Waals surface area contributed by atoms with Gasteiger partial charge in [-0.15, -0.1) is 11.8 Å². The second-order valence-electron chi connectivity index (χ2n) is 8.84. The molecule has 0 aromatic carbocycles. The van der Waals surface area contributed by atoms with E-state index in [-0.39, 0.29) is 0 Å². The van der Waals surface area contributed by atoms with Crippen LogP contribution in [-0.2, 0) is 16.0 Å². The molecule has 1 aromatic rings. The summed E-state index contributed by atoms with van der Waals surface area (Å²) in [4.78, 5) is 9.44. The molecule has 0 bridgehead atoms. The number of nitrogens with zero attached hydrogens (tertiary/aromatic N) is 2. The van der Waals surface area contributed by atoms with E-state index in [9.17, 15) is 20.4 Å². The topological polar surface area (TPSA) is 116 Å². The van der Waals surface area contributed by atoms with E-state index >= 15 is 0 Å². The summed E-state index contributed by atoms with van der Waals surface area (Å²) >= 11 is 0. The molecule has 5 atom stereocenters. The fourth-order valence-electron chi connectivity index (χ4n) is 4.11. The molecular formula is C26H42N2O6. The highest BCUT2D eigenvalue weighted by Crippen LogP contribution is 2.24. The Hall–Kier alpha value is -1.57. The quantitative estimate of drug-likeness (QED) is 0.172. The maximum atomic E-state index is 10.2. The molecule has 1 saturated heterocycles. The standard InChI is InChI=1S/C26H42N2O6/c1-33-28(26-25(32)24(31)23(30)22(20-29)34-26)18-13-11-9-7-5-3-2-4-6-8-10-12-15-21-16-14-17-27-19-21/h14,16-17,19,22-26,29-32H,2-7,9,11-13,15,18,20H2,1H3. The Morgan fingerprint density at radius 2 is 1.62 bits per heavy atom. The molecule has 1 aliphatic rings. The fraction of sp³-hybridized carbons (Fsp3) is 0.731. The molecule has 5 unspecified atom stereocenters. The third-order valence-electron chi connectivity index (χ3n) is 6.20. The van der Waals surface area contributed by atoms with Gasteiger partial charge in [0.2, 0.25) is 0 Å². The summed E-state index contributed by atoms with van der Waals surface area (Å²) in [5.74, 6) is 6.53. The largest absolute Gasteiger partial charge is 0.394 e. The highest BCUT2D eigenvalue weighted by atomic mass is 16.7. The molecule has 1 aromatic heterocycles. The van der Waals surface area contributed by atoms with Crippen molar-refractivity contribution in [3.63, 3.8) is 0 Å². The lowest BCUT2D eigenvalue weighted by Crippen LogP contribution is -2.63. The number of hydrogen-bond acceptors (Lipinski definition) is 8. The minimum absolute atomic E-state index is 0.447. The smallest absolute Gasteiger partial charge is 0.162 e. The molecule has 0 amide bonds. The highest BCUT2D eigenvalue weighted by molar-refractivity contribution is 5.11. The van der Waals surface area contributed by atoms with Crippen LogP contribution in [0, 0.1) is 11.8 Å². The Bertz CT molecular complexity index is 708. The van der Waals surface area contributed by atoms with E-state index in [1.165, 1.54) is 43.4 Å². The van der Waals surface area contributed by atoms with Crippen LogP contribution in [0.4, 0.5) is 0 Å². The minimum Gasteiger partial charge on any atom is -0.394 e. The van der Waals surface area contributed by atoms with Gasteiger partial charge in [-0.2, -0.15) is 5.06 Å². The Labute approximate surface area is 203 Å². The maximum Gasteiger partial charge on any atom is 0.162 e. The molecule has 0 aliphatic carbocycles. The maximum absolute atomic E-state index is 10.2. The van der Waals surface area contributed by atoms with Gasteiger partial charge in [0.25, 0.3) is 0 Å². The molecule has 2 rings (SSSR count). The van der Waals surface area contributed by atoms with Gasteiger partial charge in [0, 0.05) is 31.8 Å². The van der Waals surface area contributed by atoms with E-state index in [1.807, 2.05) is 12.3 Å². The summed E-state index contributed by atoms with van der Waals surface area (Å²) in [6.07, 6.45) is 9.59. The normalized spacial score (nSPS) is 24.7. The molecule has 34 heavy (non-hydrogen) atoms. The van der Waals surface area contributed by atoms with E-state index in [4.69, 9.17) is 9.57 Å². The first-order valence-corrected chi connectivity index (χ1v) is 12.5. The molecule has 8 nitrogen and oxygen atoms in total. The Kier molecular flexibility index (Phi) is 14.3. The predicted octanol–water partition coefficient (Wildman–Crippen LogP) is 2.19. The van der Waals surface area contributed by atoms with Gasteiger partial charge >= 0.3 is 0 Å². The zero-order valence-corrected chi connectivity index (χ0v) is 20.4. The van der Waals surface area contributed by atoms with Crippen LogP contribution in [0.1, 0.15) is 69.8 Å². The molecular weight excluding hydrogens is 436 g/mol. The van der Waals surface area contributed by atoms with Crippen molar-refractivity contribution in [2.45, 2.75) is 101 Å². The average Bonchev–Trinajstić information content (AvgIpc) is 2.86. The van der Waals surface area contributed by atoms with Crippen LogP contribution < -0.4 is 0 Å². The van der Waals surface area contributed by atoms with Crippen molar-refractivity contribution in [2.75, 3.05) is 20.3 Å². The van der Waals surface area contributed by atoms with Gasteiger partial charge in [0.15, 0.2) is 6.23 Å². The van der Waals surface area contributed by atoms with Gasteiger partial charge in [0.1, 0.15) is 24.4 Å². The van der Waals surface area contributed by atoms with E-state index in [1.54, 1.807) is 6.20 Å². The number of aliphatic hydroxyl groups is 4. The lowest BCUT2D eigenvalue weighted by atomic mass is 9.98. The SMILES string of the molecule is CON(CCCCCCCCCCC#CCCc1cccnc1)C1OC(CO)C(O)C(O)C1O. The van der Waals surface area contributed by atoms with Crippen LogP contribution in [0.5, 0.6) is 0 Å².